The van der Waals surface area contributed by atoms with E-state index in [-0.39, 0.29) is 5.75 Å². The van der Waals surface area contributed by atoms with Gasteiger partial charge in [-0.3, -0.25) is 0 Å². The van der Waals surface area contributed by atoms with Crippen molar-refractivity contribution in [1.29, 1.82) is 0 Å². The number of phenolic OH excluding ortho intramolecular Hbond substituents is 1. The Kier molecular flexibility index (Phi) is 2.34. The predicted molar refractivity (Wildman–Crippen MR) is 70.6 cm³/mol. The van der Waals surface area contributed by atoms with Gasteiger partial charge in [-0.25, -0.2) is 0 Å². The number of hydrogen-bond donors (Lipinski definition) is 1. The average Bonchev–Trinajstić information content (AvgIpc) is 2.81. The van der Waals surface area contributed by atoms with Gasteiger partial charge in [0.2, 0.25) is 0 Å². The molecule has 4 heteroatoms. The molecule has 0 atom stereocenters. The van der Waals surface area contributed by atoms with E-state index in [9.17, 15) is 5.11 Å². The van der Waals surface area contributed by atoms with Crippen molar-refractivity contribution in [2.45, 2.75) is 0 Å². The fourth-order valence-electron chi connectivity index (χ4n) is 1.80. The zero-order chi connectivity index (χ0) is 12.5. The van der Waals surface area contributed by atoms with Gasteiger partial charge in [-0.1, -0.05) is 30.9 Å². The van der Waals surface area contributed by atoms with E-state index in [0.717, 1.165) is 16.6 Å². The summed E-state index contributed by atoms with van der Waals surface area (Å²) in [7, 11) is 0. The Labute approximate surface area is 104 Å². The van der Waals surface area contributed by atoms with E-state index < -0.39 is 0 Å². The normalized spacial score (nSPS) is 10.7. The van der Waals surface area contributed by atoms with Crippen LogP contribution in [-0.2, 0) is 0 Å². The largest absolute Gasteiger partial charge is 0.506 e. The van der Waals surface area contributed by atoms with Gasteiger partial charge in [0.15, 0.2) is 0 Å². The highest BCUT2D eigenvalue weighted by Crippen LogP contribution is 2.23. The van der Waals surface area contributed by atoms with E-state index in [1.54, 1.807) is 18.2 Å². The number of rotatable bonds is 2. The third-order valence-corrected chi connectivity index (χ3v) is 2.74. The molecular weight excluding hydrogens is 226 g/mol. The molecule has 0 saturated carbocycles. The van der Waals surface area contributed by atoms with Crippen molar-refractivity contribution in [2.24, 2.45) is 0 Å². The maximum absolute atomic E-state index is 9.95. The van der Waals surface area contributed by atoms with Gasteiger partial charge in [-0.2, -0.15) is 0 Å². The molecule has 0 aliphatic heterocycles. The van der Waals surface area contributed by atoms with Crippen LogP contribution in [-0.4, -0.2) is 20.1 Å². The first-order valence-corrected chi connectivity index (χ1v) is 5.56. The lowest BCUT2D eigenvalue weighted by molar-refractivity contribution is 0.467. The summed E-state index contributed by atoms with van der Waals surface area (Å²) < 4.78 is 0. The van der Waals surface area contributed by atoms with Crippen LogP contribution in [0, 0.1) is 0 Å². The van der Waals surface area contributed by atoms with E-state index in [4.69, 9.17) is 0 Å². The number of phenols is 1. The molecule has 3 rings (SSSR count). The van der Waals surface area contributed by atoms with E-state index in [1.165, 1.54) is 4.80 Å². The van der Waals surface area contributed by atoms with E-state index in [2.05, 4.69) is 16.8 Å². The maximum atomic E-state index is 9.95. The summed E-state index contributed by atoms with van der Waals surface area (Å²) in [5.41, 5.74) is 3.00. The Morgan fingerprint density at radius 3 is 2.28 bits per heavy atom. The molecule has 88 valence electrons. The van der Waals surface area contributed by atoms with Gasteiger partial charge in [0, 0.05) is 0 Å². The lowest BCUT2D eigenvalue weighted by atomic mass is 10.2. The molecule has 0 aliphatic carbocycles. The standard InChI is InChI=1S/C14H11N3O/c1-2-10-7-8-13(14(18)9-10)17-15-11-5-3-4-6-12(11)16-17/h2-9,18H,1H2. The molecule has 0 unspecified atom stereocenters. The van der Waals surface area contributed by atoms with Gasteiger partial charge < -0.3 is 5.11 Å². The quantitative estimate of drug-likeness (QED) is 0.745. The van der Waals surface area contributed by atoms with Crippen molar-refractivity contribution in [3.8, 4) is 11.4 Å². The molecule has 0 bridgehead atoms. The summed E-state index contributed by atoms with van der Waals surface area (Å²) in [4.78, 5) is 1.44. The minimum absolute atomic E-state index is 0.132. The van der Waals surface area contributed by atoms with Crippen molar-refractivity contribution >= 4 is 17.1 Å². The second-order valence-corrected chi connectivity index (χ2v) is 3.93. The SMILES string of the molecule is C=Cc1ccc(-n2nc3ccccc3n2)c(O)c1. The molecule has 1 aromatic heterocycles. The van der Waals surface area contributed by atoms with Crippen LogP contribution in [0.4, 0.5) is 0 Å². The van der Waals surface area contributed by atoms with Crippen molar-refractivity contribution in [2.75, 3.05) is 0 Å². The first-order valence-electron chi connectivity index (χ1n) is 5.56. The van der Waals surface area contributed by atoms with Crippen LogP contribution in [0.15, 0.2) is 49.0 Å². The number of aromatic hydroxyl groups is 1. The van der Waals surface area contributed by atoms with Gasteiger partial charge in [-0.15, -0.1) is 15.0 Å². The molecule has 0 radical (unpaired) electrons. The third kappa shape index (κ3) is 1.64. The number of aromatic nitrogens is 3. The van der Waals surface area contributed by atoms with Crippen molar-refractivity contribution in [3.63, 3.8) is 0 Å². The maximum Gasteiger partial charge on any atom is 0.143 e. The van der Waals surface area contributed by atoms with Crippen LogP contribution in [0.1, 0.15) is 5.56 Å². The van der Waals surface area contributed by atoms with Gasteiger partial charge in [-0.05, 0) is 29.8 Å². The molecule has 1 heterocycles. The Balaban J connectivity index is 2.16. The highest BCUT2D eigenvalue weighted by molar-refractivity contribution is 5.73. The summed E-state index contributed by atoms with van der Waals surface area (Å²) in [6.07, 6.45) is 1.68. The summed E-state index contributed by atoms with van der Waals surface area (Å²) >= 11 is 0. The van der Waals surface area contributed by atoms with Gasteiger partial charge in [0.05, 0.1) is 0 Å². The van der Waals surface area contributed by atoms with Gasteiger partial charge in [0.25, 0.3) is 0 Å². The summed E-state index contributed by atoms with van der Waals surface area (Å²) in [6, 6.07) is 12.8. The zero-order valence-corrected chi connectivity index (χ0v) is 9.61. The van der Waals surface area contributed by atoms with Crippen LogP contribution in [0.3, 0.4) is 0 Å². The molecule has 3 aromatic rings. The topological polar surface area (TPSA) is 50.9 Å². The first-order chi connectivity index (χ1) is 8.78. The van der Waals surface area contributed by atoms with Crippen LogP contribution < -0.4 is 0 Å². The van der Waals surface area contributed by atoms with Crippen LogP contribution in [0.5, 0.6) is 5.75 Å². The molecule has 0 spiro atoms. The first kappa shape index (κ1) is 10.5. The Morgan fingerprint density at radius 2 is 1.72 bits per heavy atom. The molecular formula is C14H11N3O. The van der Waals surface area contributed by atoms with Crippen molar-refractivity contribution < 1.29 is 5.11 Å². The fourth-order valence-corrected chi connectivity index (χ4v) is 1.80. The lowest BCUT2D eigenvalue weighted by Crippen LogP contribution is -1.98. The minimum Gasteiger partial charge on any atom is -0.506 e. The predicted octanol–water partition coefficient (Wildman–Crippen LogP) is 2.77. The highest BCUT2D eigenvalue weighted by atomic mass is 16.3. The van der Waals surface area contributed by atoms with Crippen LogP contribution in [0.25, 0.3) is 22.8 Å². The number of fused-ring (bicyclic) bond motifs is 1. The van der Waals surface area contributed by atoms with E-state index in [1.807, 2.05) is 30.3 Å². The number of hydrogen-bond acceptors (Lipinski definition) is 3. The second kappa shape index (κ2) is 4.00. The molecule has 2 aromatic carbocycles. The fraction of sp³-hybridized carbons (Fsp3) is 0. The summed E-state index contributed by atoms with van der Waals surface area (Å²) in [5, 5.41) is 18.6. The Bertz CT molecular complexity index is 698. The summed E-state index contributed by atoms with van der Waals surface area (Å²) in [6.45, 7) is 3.66. The molecule has 0 aliphatic rings. The molecule has 4 nitrogen and oxygen atoms in total. The number of nitrogens with zero attached hydrogens (tertiary/aromatic N) is 3. The number of benzene rings is 2. The van der Waals surface area contributed by atoms with E-state index >= 15 is 0 Å². The monoisotopic (exact) mass is 237 g/mol. The Hall–Kier alpha value is -2.62. The van der Waals surface area contributed by atoms with Crippen LogP contribution >= 0.6 is 0 Å². The molecule has 0 amide bonds. The third-order valence-electron chi connectivity index (χ3n) is 2.74. The van der Waals surface area contributed by atoms with Gasteiger partial charge >= 0.3 is 0 Å². The molecule has 1 N–H and O–H groups in total. The van der Waals surface area contributed by atoms with Crippen molar-refractivity contribution in [1.82, 2.24) is 15.0 Å². The average molecular weight is 237 g/mol. The molecule has 18 heavy (non-hydrogen) atoms. The smallest absolute Gasteiger partial charge is 0.143 e. The van der Waals surface area contributed by atoms with Crippen molar-refractivity contribution in [3.05, 3.63) is 54.6 Å². The van der Waals surface area contributed by atoms with Gasteiger partial charge in [0.1, 0.15) is 22.5 Å². The second-order valence-electron chi connectivity index (χ2n) is 3.93. The van der Waals surface area contributed by atoms with E-state index in [0.29, 0.717) is 5.69 Å². The Morgan fingerprint density at radius 1 is 1.06 bits per heavy atom. The van der Waals surface area contributed by atoms with Crippen LogP contribution in [0.2, 0.25) is 0 Å². The lowest BCUT2D eigenvalue weighted by Gasteiger charge is -2.03. The molecule has 0 saturated heterocycles. The minimum atomic E-state index is 0.132. The molecule has 0 fully saturated rings. The summed E-state index contributed by atoms with van der Waals surface area (Å²) in [5.74, 6) is 0.132. The highest BCUT2D eigenvalue weighted by Gasteiger charge is 2.08. The zero-order valence-electron chi connectivity index (χ0n) is 9.61.